The predicted octanol–water partition coefficient (Wildman–Crippen LogP) is 9.42. The van der Waals surface area contributed by atoms with Crippen molar-refractivity contribution in [3.8, 4) is 11.5 Å². The van der Waals surface area contributed by atoms with Gasteiger partial charge in [-0.2, -0.15) is 0 Å². The van der Waals surface area contributed by atoms with E-state index in [1.807, 2.05) is 48.6 Å². The van der Waals surface area contributed by atoms with E-state index in [4.69, 9.17) is 28.1 Å². The zero-order valence-electron chi connectivity index (χ0n) is 34.2. The number of benzene rings is 4. The number of rotatable bonds is 20. The Morgan fingerprint density at radius 3 is 1.96 bits per heavy atom. The highest BCUT2D eigenvalue weighted by molar-refractivity contribution is 6.99. The number of carbonyl (C=O) groups is 2. The monoisotopic (exact) mass is 778 g/mol. The summed E-state index contributed by atoms with van der Waals surface area (Å²) in [6, 6.07) is 33.7. The van der Waals surface area contributed by atoms with Gasteiger partial charge in [-0.3, -0.25) is 0 Å². The fourth-order valence-electron chi connectivity index (χ4n) is 6.81. The molecule has 0 aliphatic heterocycles. The molecule has 0 saturated heterocycles. The average Bonchev–Trinajstić information content (AvgIpc) is 3.20. The lowest BCUT2D eigenvalue weighted by atomic mass is 9.97. The van der Waals surface area contributed by atoms with Crippen LogP contribution in [0.5, 0.6) is 11.5 Å². The minimum absolute atomic E-state index is 0.0353. The molecular weight excluding hydrogens is 721 g/mol. The lowest BCUT2D eigenvalue weighted by Crippen LogP contribution is -2.67. The summed E-state index contributed by atoms with van der Waals surface area (Å²) in [4.78, 5) is 26.4. The number of methoxy groups -OCH3 is 2. The molecule has 0 N–H and O–H groups in total. The second kappa shape index (κ2) is 21.4. The van der Waals surface area contributed by atoms with E-state index in [0.717, 1.165) is 0 Å². The Balaban J connectivity index is 1.56. The molecular formula is C47H58O8Si. The molecule has 4 rings (SSSR count). The van der Waals surface area contributed by atoms with Crippen LogP contribution in [-0.4, -0.2) is 60.1 Å². The van der Waals surface area contributed by atoms with E-state index in [9.17, 15) is 9.59 Å². The fraction of sp³-hybridized carbons (Fsp3) is 0.362. The number of hydrogen-bond acceptors (Lipinski definition) is 8. The van der Waals surface area contributed by atoms with E-state index in [0.29, 0.717) is 47.5 Å². The zero-order chi connectivity index (χ0) is 40.6. The van der Waals surface area contributed by atoms with Gasteiger partial charge in [-0.25, -0.2) is 9.59 Å². The molecule has 0 saturated carbocycles. The van der Waals surface area contributed by atoms with E-state index in [2.05, 4.69) is 89.2 Å². The first-order chi connectivity index (χ1) is 26.9. The molecule has 0 heterocycles. The van der Waals surface area contributed by atoms with E-state index in [1.54, 1.807) is 38.3 Å². The molecule has 0 spiro atoms. The van der Waals surface area contributed by atoms with Crippen LogP contribution in [0.1, 0.15) is 87.1 Å². The Labute approximate surface area is 334 Å². The molecule has 0 aromatic heterocycles. The first-order valence-electron chi connectivity index (χ1n) is 19.3. The van der Waals surface area contributed by atoms with Gasteiger partial charge >= 0.3 is 11.9 Å². The van der Waals surface area contributed by atoms with Crippen molar-refractivity contribution in [1.29, 1.82) is 0 Å². The average molecular weight is 779 g/mol. The Morgan fingerprint density at radius 2 is 1.41 bits per heavy atom. The second-order valence-corrected chi connectivity index (χ2v) is 19.1. The minimum atomic E-state index is -2.74. The van der Waals surface area contributed by atoms with Crippen molar-refractivity contribution < 1.29 is 37.7 Å². The van der Waals surface area contributed by atoms with Crippen molar-refractivity contribution in [3.63, 3.8) is 0 Å². The van der Waals surface area contributed by atoms with Crippen molar-refractivity contribution in [2.75, 3.05) is 27.6 Å². The Bertz CT molecular complexity index is 1830. The third kappa shape index (κ3) is 11.5. The van der Waals surface area contributed by atoms with Gasteiger partial charge in [-0.1, -0.05) is 125 Å². The lowest BCUT2D eigenvalue weighted by molar-refractivity contribution is 0.0283. The number of carbonyl (C=O) groups excluding carboxylic acids is 2. The molecule has 0 radical (unpaired) electrons. The molecule has 298 valence electrons. The highest BCUT2D eigenvalue weighted by Gasteiger charge is 2.50. The van der Waals surface area contributed by atoms with Crippen molar-refractivity contribution in [2.45, 2.75) is 78.1 Å². The van der Waals surface area contributed by atoms with Crippen LogP contribution in [0.4, 0.5) is 0 Å². The van der Waals surface area contributed by atoms with Crippen LogP contribution in [0.15, 0.2) is 121 Å². The molecule has 56 heavy (non-hydrogen) atoms. The van der Waals surface area contributed by atoms with Crippen molar-refractivity contribution in [1.82, 2.24) is 0 Å². The van der Waals surface area contributed by atoms with Gasteiger partial charge < -0.3 is 28.1 Å². The summed E-state index contributed by atoms with van der Waals surface area (Å²) in [7, 11) is 0.326. The maximum atomic E-state index is 13.3. The first-order valence-corrected chi connectivity index (χ1v) is 21.2. The van der Waals surface area contributed by atoms with Crippen molar-refractivity contribution in [3.05, 3.63) is 138 Å². The van der Waals surface area contributed by atoms with Gasteiger partial charge in [0.15, 0.2) is 6.79 Å². The van der Waals surface area contributed by atoms with Crippen LogP contribution in [0.25, 0.3) is 6.08 Å². The normalized spacial score (nSPS) is 13.6. The van der Waals surface area contributed by atoms with Gasteiger partial charge in [-0.05, 0) is 84.3 Å². The number of allylic oxidation sites excluding steroid dienone is 1. The van der Waals surface area contributed by atoms with Gasteiger partial charge in [0.05, 0.1) is 19.3 Å². The van der Waals surface area contributed by atoms with Crippen molar-refractivity contribution in [2.24, 2.45) is 5.92 Å². The molecule has 0 fully saturated rings. The van der Waals surface area contributed by atoms with E-state index in [-0.39, 0.29) is 36.4 Å². The van der Waals surface area contributed by atoms with Gasteiger partial charge in [0.1, 0.15) is 23.2 Å². The third-order valence-corrected chi connectivity index (χ3v) is 14.8. The lowest BCUT2D eigenvalue weighted by Gasteiger charge is -2.44. The molecule has 0 aliphatic carbocycles. The molecule has 0 bridgehead atoms. The molecule has 9 heteroatoms. The number of esters is 2. The van der Waals surface area contributed by atoms with E-state index < -0.39 is 20.4 Å². The van der Waals surface area contributed by atoms with E-state index in [1.165, 1.54) is 17.5 Å². The SMILES string of the molecule is CCOC(=O)c1c(/C=C/CC[C@H](C)C(/C=C\C[C@@H](C)O[Si](c2ccccc2)(c2ccccc2)C(C)(C)C)OC(=O)c2ccccc2)cc(OC)cc1OCOC. The van der Waals surface area contributed by atoms with Crippen molar-refractivity contribution >= 4 is 36.7 Å². The summed E-state index contributed by atoms with van der Waals surface area (Å²) in [6.07, 6.45) is 9.33. The molecule has 4 aromatic rings. The molecule has 0 amide bonds. The summed E-state index contributed by atoms with van der Waals surface area (Å²) >= 11 is 0. The van der Waals surface area contributed by atoms with Crippen LogP contribution >= 0.6 is 0 Å². The van der Waals surface area contributed by atoms with Crippen LogP contribution in [0.3, 0.4) is 0 Å². The predicted molar refractivity (Wildman–Crippen MR) is 226 cm³/mol. The van der Waals surface area contributed by atoms with Gasteiger partial charge in [0.2, 0.25) is 0 Å². The van der Waals surface area contributed by atoms with Crippen LogP contribution < -0.4 is 19.8 Å². The fourth-order valence-corrected chi connectivity index (χ4v) is 11.5. The number of ether oxygens (including phenoxy) is 5. The van der Waals surface area contributed by atoms with Gasteiger partial charge in [0.25, 0.3) is 8.32 Å². The van der Waals surface area contributed by atoms with Gasteiger partial charge in [-0.15, -0.1) is 0 Å². The Hall–Kier alpha value is -4.96. The second-order valence-electron chi connectivity index (χ2n) is 14.8. The molecule has 8 nitrogen and oxygen atoms in total. The highest BCUT2D eigenvalue weighted by Crippen LogP contribution is 2.38. The largest absolute Gasteiger partial charge is 0.497 e. The van der Waals surface area contributed by atoms with Crippen LogP contribution in [0.2, 0.25) is 5.04 Å². The summed E-state index contributed by atoms with van der Waals surface area (Å²) in [5.41, 5.74) is 1.39. The first kappa shape index (κ1) is 43.8. The Morgan fingerprint density at radius 1 is 0.804 bits per heavy atom. The Kier molecular flexibility index (Phi) is 16.7. The quantitative estimate of drug-likeness (QED) is 0.0380. The standard InChI is InChI=1S/C47H58O8Si/c1-9-52-46(49)44-38(32-39(51-8)33-43(44)53-34-50-7)26-20-19-22-35(2)42(54-45(48)37-24-13-10-14-25-37)31-21-23-36(3)55-56(47(4,5)6,40-27-15-11-16-28-40)41-29-17-12-18-30-41/h10-18,20-21,24-33,35-36,42H,9,19,22-23,34H2,1-8H3/b26-20+,31-21-/t35-,36+,42?/m0/s1. The van der Waals surface area contributed by atoms with E-state index >= 15 is 0 Å². The summed E-state index contributed by atoms with van der Waals surface area (Å²) in [6.45, 7) is 13.0. The van der Waals surface area contributed by atoms with Gasteiger partial charge in [0, 0.05) is 19.3 Å². The zero-order valence-corrected chi connectivity index (χ0v) is 35.2. The molecule has 3 atom stereocenters. The topological polar surface area (TPSA) is 89.5 Å². The molecule has 0 aliphatic rings. The third-order valence-electron chi connectivity index (χ3n) is 9.64. The maximum Gasteiger partial charge on any atom is 0.342 e. The molecule has 1 unspecified atom stereocenters. The smallest absolute Gasteiger partial charge is 0.342 e. The molecule has 4 aromatic carbocycles. The summed E-state index contributed by atoms with van der Waals surface area (Å²) in [5.74, 6) is -0.0714. The number of hydrogen-bond donors (Lipinski definition) is 0. The highest BCUT2D eigenvalue weighted by atomic mass is 28.4. The summed E-state index contributed by atoms with van der Waals surface area (Å²) in [5, 5.41) is 2.31. The summed E-state index contributed by atoms with van der Waals surface area (Å²) < 4.78 is 35.1. The maximum absolute atomic E-state index is 13.3. The minimum Gasteiger partial charge on any atom is -0.497 e. The van der Waals surface area contributed by atoms with Crippen LogP contribution in [0, 0.1) is 5.92 Å². The van der Waals surface area contributed by atoms with Crippen LogP contribution in [-0.2, 0) is 18.6 Å².